The van der Waals surface area contributed by atoms with Gasteiger partial charge in [-0.25, -0.2) is 0 Å². The Morgan fingerprint density at radius 3 is 2.26 bits per heavy atom. The third kappa shape index (κ3) is 4.45. The zero-order valence-corrected chi connectivity index (χ0v) is 16.4. The van der Waals surface area contributed by atoms with Crippen molar-refractivity contribution >= 4 is 0 Å². The van der Waals surface area contributed by atoms with Crippen molar-refractivity contribution < 1.29 is 9.47 Å². The van der Waals surface area contributed by atoms with Crippen molar-refractivity contribution in [3.63, 3.8) is 0 Å². The zero-order chi connectivity index (χ0) is 18.6. The Morgan fingerprint density at radius 1 is 0.815 bits per heavy atom. The highest BCUT2D eigenvalue weighted by atomic mass is 16.5. The summed E-state index contributed by atoms with van der Waals surface area (Å²) in [6.45, 7) is 5.57. The van der Waals surface area contributed by atoms with E-state index in [2.05, 4.69) is 52.3 Å². The van der Waals surface area contributed by atoms with E-state index < -0.39 is 0 Å². The average molecular weight is 367 g/mol. The molecule has 4 nitrogen and oxygen atoms in total. The van der Waals surface area contributed by atoms with Gasteiger partial charge in [-0.2, -0.15) is 0 Å². The van der Waals surface area contributed by atoms with Crippen molar-refractivity contribution in [1.82, 2.24) is 9.80 Å². The molecule has 3 fully saturated rings. The van der Waals surface area contributed by atoms with E-state index in [1.165, 1.54) is 37.1 Å². The first-order valence-electron chi connectivity index (χ1n) is 9.96. The first-order valence-corrected chi connectivity index (χ1v) is 9.96. The molecule has 3 aliphatic heterocycles. The van der Waals surface area contributed by atoms with E-state index in [1.54, 1.807) is 14.2 Å². The van der Waals surface area contributed by atoms with Crippen molar-refractivity contribution in [3.8, 4) is 11.5 Å². The standard InChI is InChI=1S/C23H30N2O2/c1-26-22-10-20(11-23(12-22)27-2)14-24-13-19-8-9-21(17-24)25(16-19)15-18-6-4-3-5-7-18/h3-7,10-12,19,21H,8-9,13-17H2,1-2H3/t19-,21+/m1/s1. The van der Waals surface area contributed by atoms with Crippen LogP contribution in [0.4, 0.5) is 0 Å². The molecule has 3 aliphatic rings. The lowest BCUT2D eigenvalue weighted by molar-refractivity contribution is 0.123. The SMILES string of the molecule is COc1cc(CN2C[C@H]3CC[C@@H](C2)N(Cc2ccccc2)C3)cc(OC)c1. The largest absolute Gasteiger partial charge is 0.497 e. The number of benzene rings is 2. The fraction of sp³-hybridized carbons (Fsp3) is 0.478. The molecule has 2 atom stereocenters. The maximum atomic E-state index is 5.44. The van der Waals surface area contributed by atoms with Gasteiger partial charge in [-0.05, 0) is 42.0 Å². The molecule has 2 bridgehead atoms. The molecular weight excluding hydrogens is 336 g/mol. The second kappa shape index (κ2) is 8.32. The maximum absolute atomic E-state index is 5.44. The Kier molecular flexibility index (Phi) is 5.65. The molecule has 0 spiro atoms. The molecule has 27 heavy (non-hydrogen) atoms. The third-order valence-corrected chi connectivity index (χ3v) is 5.95. The Labute approximate surface area is 162 Å². The van der Waals surface area contributed by atoms with E-state index in [-0.39, 0.29) is 0 Å². The van der Waals surface area contributed by atoms with Crippen LogP contribution in [0, 0.1) is 5.92 Å². The summed E-state index contributed by atoms with van der Waals surface area (Å²) in [5.74, 6) is 2.50. The number of hydrogen-bond donors (Lipinski definition) is 0. The Balaban J connectivity index is 1.46. The second-order valence-corrected chi connectivity index (χ2v) is 7.93. The van der Waals surface area contributed by atoms with Gasteiger partial charge in [-0.1, -0.05) is 30.3 Å². The third-order valence-electron chi connectivity index (χ3n) is 5.95. The summed E-state index contributed by atoms with van der Waals surface area (Å²) in [4.78, 5) is 5.33. The summed E-state index contributed by atoms with van der Waals surface area (Å²) >= 11 is 0. The van der Waals surface area contributed by atoms with Crippen LogP contribution in [0.2, 0.25) is 0 Å². The molecule has 0 aromatic heterocycles. The lowest BCUT2D eigenvalue weighted by atomic mass is 9.94. The van der Waals surface area contributed by atoms with Crippen molar-refractivity contribution in [2.45, 2.75) is 32.0 Å². The molecule has 2 aromatic carbocycles. The molecule has 0 amide bonds. The van der Waals surface area contributed by atoms with E-state index in [1.807, 2.05) is 6.07 Å². The van der Waals surface area contributed by atoms with Crippen LogP contribution in [0.15, 0.2) is 48.5 Å². The van der Waals surface area contributed by atoms with Crippen molar-refractivity contribution in [3.05, 3.63) is 59.7 Å². The molecule has 5 rings (SSSR count). The van der Waals surface area contributed by atoms with Gasteiger partial charge >= 0.3 is 0 Å². The minimum absolute atomic E-state index is 0.649. The summed E-state index contributed by atoms with van der Waals surface area (Å²) in [5, 5.41) is 0. The average Bonchev–Trinajstić information content (AvgIpc) is 2.99. The minimum Gasteiger partial charge on any atom is -0.497 e. The summed E-state index contributed by atoms with van der Waals surface area (Å²) in [7, 11) is 3.43. The molecule has 4 heteroatoms. The highest BCUT2D eigenvalue weighted by Crippen LogP contribution is 2.31. The fourth-order valence-corrected chi connectivity index (χ4v) is 4.63. The molecular formula is C23H30N2O2. The van der Waals surface area contributed by atoms with Crippen LogP contribution in [0.3, 0.4) is 0 Å². The Morgan fingerprint density at radius 2 is 1.56 bits per heavy atom. The first-order chi connectivity index (χ1) is 13.2. The number of rotatable bonds is 6. The predicted molar refractivity (Wildman–Crippen MR) is 108 cm³/mol. The van der Waals surface area contributed by atoms with Crippen LogP contribution in [0.5, 0.6) is 11.5 Å². The van der Waals surface area contributed by atoms with Gasteiger partial charge < -0.3 is 9.47 Å². The van der Waals surface area contributed by atoms with E-state index in [0.29, 0.717) is 6.04 Å². The smallest absolute Gasteiger partial charge is 0.122 e. The zero-order valence-electron chi connectivity index (χ0n) is 16.4. The predicted octanol–water partition coefficient (Wildman–Crippen LogP) is 3.80. The monoisotopic (exact) mass is 366 g/mol. The molecule has 0 unspecified atom stereocenters. The molecule has 0 aliphatic carbocycles. The molecule has 3 heterocycles. The van der Waals surface area contributed by atoms with Crippen molar-refractivity contribution in [1.29, 1.82) is 0 Å². The minimum atomic E-state index is 0.649. The summed E-state index contributed by atoms with van der Waals surface area (Å²) in [6, 6.07) is 17.8. The van der Waals surface area contributed by atoms with Crippen LogP contribution in [0.25, 0.3) is 0 Å². The molecule has 0 N–H and O–H groups in total. The van der Waals surface area contributed by atoms with E-state index >= 15 is 0 Å². The molecule has 144 valence electrons. The number of hydrogen-bond acceptors (Lipinski definition) is 4. The molecule has 3 saturated heterocycles. The van der Waals surface area contributed by atoms with E-state index in [9.17, 15) is 0 Å². The van der Waals surface area contributed by atoms with E-state index in [0.717, 1.165) is 37.1 Å². The lowest BCUT2D eigenvalue weighted by Crippen LogP contribution is -2.43. The fourth-order valence-electron chi connectivity index (χ4n) is 4.63. The first kappa shape index (κ1) is 18.3. The Bertz CT molecular complexity index is 727. The van der Waals surface area contributed by atoms with Gasteiger partial charge in [0.1, 0.15) is 11.5 Å². The van der Waals surface area contributed by atoms with Crippen LogP contribution < -0.4 is 9.47 Å². The van der Waals surface area contributed by atoms with Gasteiger partial charge in [-0.15, -0.1) is 0 Å². The number of piperidine rings is 1. The summed E-state index contributed by atoms with van der Waals surface area (Å²) < 4.78 is 10.9. The highest BCUT2D eigenvalue weighted by molar-refractivity contribution is 5.38. The number of methoxy groups -OCH3 is 2. The summed E-state index contributed by atoms with van der Waals surface area (Å²) in [5.41, 5.74) is 2.69. The van der Waals surface area contributed by atoms with Crippen LogP contribution in [-0.4, -0.2) is 49.7 Å². The van der Waals surface area contributed by atoms with Gasteiger partial charge in [-0.3, -0.25) is 9.80 Å². The number of ether oxygens (including phenoxy) is 2. The second-order valence-electron chi connectivity index (χ2n) is 7.93. The van der Waals surface area contributed by atoms with Crippen LogP contribution in [-0.2, 0) is 13.1 Å². The number of fused-ring (bicyclic) bond motifs is 4. The molecule has 2 aromatic rings. The van der Waals surface area contributed by atoms with Crippen molar-refractivity contribution in [2.75, 3.05) is 33.9 Å². The van der Waals surface area contributed by atoms with Gasteiger partial charge in [0.15, 0.2) is 0 Å². The highest BCUT2D eigenvalue weighted by Gasteiger charge is 2.34. The van der Waals surface area contributed by atoms with Gasteiger partial charge in [0, 0.05) is 44.8 Å². The van der Waals surface area contributed by atoms with Gasteiger partial charge in [0.25, 0.3) is 0 Å². The quantitative estimate of drug-likeness (QED) is 0.776. The molecule has 0 saturated carbocycles. The number of nitrogens with zero attached hydrogens (tertiary/aromatic N) is 2. The van der Waals surface area contributed by atoms with Crippen molar-refractivity contribution in [2.24, 2.45) is 5.92 Å². The Hall–Kier alpha value is -2.04. The van der Waals surface area contributed by atoms with E-state index in [4.69, 9.17) is 9.47 Å². The maximum Gasteiger partial charge on any atom is 0.122 e. The lowest BCUT2D eigenvalue weighted by Gasteiger charge is -2.36. The normalized spacial score (nSPS) is 23.2. The molecule has 0 radical (unpaired) electrons. The van der Waals surface area contributed by atoms with Gasteiger partial charge in [0.2, 0.25) is 0 Å². The summed E-state index contributed by atoms with van der Waals surface area (Å²) in [6.07, 6.45) is 2.67. The topological polar surface area (TPSA) is 24.9 Å². The van der Waals surface area contributed by atoms with Crippen LogP contribution in [0.1, 0.15) is 24.0 Å². The van der Waals surface area contributed by atoms with Crippen LogP contribution >= 0.6 is 0 Å². The van der Waals surface area contributed by atoms with Gasteiger partial charge in [0.05, 0.1) is 14.2 Å².